The van der Waals surface area contributed by atoms with E-state index in [-0.39, 0.29) is 0 Å². The first kappa shape index (κ1) is 13.3. The highest BCUT2D eigenvalue weighted by Crippen LogP contribution is 2.12. The summed E-state index contributed by atoms with van der Waals surface area (Å²) in [6.45, 7) is 2.03. The molecule has 0 aromatic heterocycles. The van der Waals surface area contributed by atoms with Gasteiger partial charge in [0, 0.05) is 24.7 Å². The molecule has 16 heavy (non-hydrogen) atoms. The number of aryl methyl sites for hydroxylation is 1. The number of nitrogens with one attached hydrogen (secondary N) is 1. The van der Waals surface area contributed by atoms with Crippen LogP contribution in [0.25, 0.3) is 0 Å². The zero-order chi connectivity index (χ0) is 11.8. The Morgan fingerprint density at radius 2 is 2.12 bits per heavy atom. The molecule has 90 valence electrons. The number of halogens is 1. The van der Waals surface area contributed by atoms with Crippen molar-refractivity contribution >= 4 is 17.3 Å². The molecule has 0 aliphatic rings. The van der Waals surface area contributed by atoms with Crippen molar-refractivity contribution in [3.05, 3.63) is 29.8 Å². The van der Waals surface area contributed by atoms with E-state index in [0.29, 0.717) is 0 Å². The molecule has 0 aliphatic heterocycles. The average Bonchev–Trinajstić information content (AvgIpc) is 2.26. The number of benzene rings is 1. The van der Waals surface area contributed by atoms with Crippen molar-refractivity contribution in [2.24, 2.45) is 0 Å². The molecule has 0 amide bonds. The van der Waals surface area contributed by atoms with Crippen LogP contribution in [0.4, 0.5) is 5.69 Å². The maximum absolute atomic E-state index is 5.69. The van der Waals surface area contributed by atoms with Crippen LogP contribution in [0.5, 0.6) is 0 Å². The van der Waals surface area contributed by atoms with Gasteiger partial charge < -0.3 is 10.2 Å². The van der Waals surface area contributed by atoms with E-state index in [1.54, 1.807) is 0 Å². The highest BCUT2D eigenvalue weighted by Gasteiger charge is 1.96. The number of anilines is 1. The summed E-state index contributed by atoms with van der Waals surface area (Å²) in [5.41, 5.74) is 2.56. The Kier molecular flexibility index (Phi) is 6.27. The Bertz CT molecular complexity index is 300. The van der Waals surface area contributed by atoms with Gasteiger partial charge in [-0.15, -0.1) is 11.6 Å². The van der Waals surface area contributed by atoms with E-state index in [1.807, 2.05) is 0 Å². The molecule has 0 saturated heterocycles. The molecule has 0 atom stereocenters. The Morgan fingerprint density at radius 1 is 1.31 bits per heavy atom. The molecule has 0 spiro atoms. The van der Waals surface area contributed by atoms with E-state index in [2.05, 4.69) is 48.6 Å². The summed E-state index contributed by atoms with van der Waals surface area (Å²) in [5.74, 6) is 0.734. The van der Waals surface area contributed by atoms with Gasteiger partial charge in [-0.05, 0) is 44.6 Å². The monoisotopic (exact) mass is 240 g/mol. The molecule has 1 aromatic carbocycles. The van der Waals surface area contributed by atoms with Crippen LogP contribution < -0.4 is 5.32 Å². The summed E-state index contributed by atoms with van der Waals surface area (Å²) in [6.07, 6.45) is 2.11. The lowest BCUT2D eigenvalue weighted by atomic mass is 10.1. The minimum absolute atomic E-state index is 0.734. The van der Waals surface area contributed by atoms with E-state index in [1.165, 1.54) is 11.3 Å². The van der Waals surface area contributed by atoms with Crippen molar-refractivity contribution < 1.29 is 0 Å². The third kappa shape index (κ3) is 5.38. The van der Waals surface area contributed by atoms with E-state index < -0.39 is 0 Å². The Balaban J connectivity index is 2.40. The van der Waals surface area contributed by atoms with Gasteiger partial charge in [0.2, 0.25) is 0 Å². The molecule has 3 heteroatoms. The lowest BCUT2D eigenvalue weighted by molar-refractivity contribution is 0.425. The predicted molar refractivity (Wildman–Crippen MR) is 72.5 cm³/mol. The molecule has 1 rings (SSSR count). The first-order chi connectivity index (χ1) is 7.72. The minimum Gasteiger partial charge on any atom is -0.384 e. The molecule has 0 bridgehead atoms. The fourth-order valence-electron chi connectivity index (χ4n) is 1.53. The summed E-state index contributed by atoms with van der Waals surface area (Å²) in [7, 11) is 4.16. The minimum atomic E-state index is 0.734. The summed E-state index contributed by atoms with van der Waals surface area (Å²) in [5, 5.41) is 3.42. The maximum atomic E-state index is 5.69. The number of nitrogens with zero attached hydrogens (tertiary/aromatic N) is 1. The number of rotatable bonds is 7. The van der Waals surface area contributed by atoms with Gasteiger partial charge >= 0.3 is 0 Å². The predicted octanol–water partition coefficient (Wildman–Crippen LogP) is 2.83. The second kappa shape index (κ2) is 7.53. The highest BCUT2D eigenvalue weighted by molar-refractivity contribution is 6.17. The molecule has 1 N–H and O–H groups in total. The van der Waals surface area contributed by atoms with Gasteiger partial charge in [-0.1, -0.05) is 12.1 Å². The first-order valence-electron chi connectivity index (χ1n) is 5.76. The molecule has 1 aromatic rings. The standard InChI is InChI=1S/C13H21ClN2/c1-16(2)10-9-15-13-7-3-5-12(11-13)6-4-8-14/h3,5,7,11,15H,4,6,8-10H2,1-2H3. The molecule has 0 unspecified atom stereocenters. The van der Waals surface area contributed by atoms with E-state index in [0.717, 1.165) is 31.8 Å². The number of hydrogen-bond acceptors (Lipinski definition) is 2. The van der Waals surface area contributed by atoms with E-state index in [9.17, 15) is 0 Å². The van der Waals surface area contributed by atoms with Crippen LogP contribution in [0.15, 0.2) is 24.3 Å². The Hall–Kier alpha value is -0.730. The van der Waals surface area contributed by atoms with Crippen molar-refractivity contribution in [2.45, 2.75) is 12.8 Å². The molecule has 0 radical (unpaired) electrons. The molecule has 0 fully saturated rings. The van der Waals surface area contributed by atoms with Crippen LogP contribution in [0.3, 0.4) is 0 Å². The second-order valence-electron chi connectivity index (χ2n) is 4.22. The normalized spacial score (nSPS) is 10.8. The number of alkyl halides is 1. The molecular formula is C13H21ClN2. The van der Waals surface area contributed by atoms with Crippen LogP contribution in [-0.2, 0) is 6.42 Å². The second-order valence-corrected chi connectivity index (χ2v) is 4.60. The van der Waals surface area contributed by atoms with Crippen LogP contribution in [0, 0.1) is 0 Å². The lowest BCUT2D eigenvalue weighted by Crippen LogP contribution is -2.20. The van der Waals surface area contributed by atoms with E-state index >= 15 is 0 Å². The van der Waals surface area contributed by atoms with Crippen molar-refractivity contribution in [1.82, 2.24) is 4.90 Å². The zero-order valence-electron chi connectivity index (χ0n) is 10.2. The topological polar surface area (TPSA) is 15.3 Å². The zero-order valence-corrected chi connectivity index (χ0v) is 10.9. The van der Waals surface area contributed by atoms with Gasteiger partial charge in [0.15, 0.2) is 0 Å². The summed E-state index contributed by atoms with van der Waals surface area (Å²) >= 11 is 5.69. The molecule has 2 nitrogen and oxygen atoms in total. The third-order valence-corrected chi connectivity index (χ3v) is 2.68. The lowest BCUT2D eigenvalue weighted by Gasteiger charge is -2.12. The van der Waals surface area contributed by atoms with Gasteiger partial charge in [-0.2, -0.15) is 0 Å². The van der Waals surface area contributed by atoms with Gasteiger partial charge in [0.1, 0.15) is 0 Å². The molecule has 0 heterocycles. The summed E-state index contributed by atoms with van der Waals surface area (Å²) < 4.78 is 0. The van der Waals surface area contributed by atoms with Crippen molar-refractivity contribution in [2.75, 3.05) is 38.4 Å². The fourth-order valence-corrected chi connectivity index (χ4v) is 1.67. The highest BCUT2D eigenvalue weighted by atomic mass is 35.5. The SMILES string of the molecule is CN(C)CCNc1cccc(CCCCl)c1. The summed E-state index contributed by atoms with van der Waals surface area (Å²) in [4.78, 5) is 2.17. The van der Waals surface area contributed by atoms with Crippen molar-refractivity contribution in [3.63, 3.8) is 0 Å². The average molecular weight is 241 g/mol. The molecule has 0 aliphatic carbocycles. The van der Waals surface area contributed by atoms with Gasteiger partial charge in [0.05, 0.1) is 0 Å². The first-order valence-corrected chi connectivity index (χ1v) is 6.29. The summed E-state index contributed by atoms with van der Waals surface area (Å²) in [6, 6.07) is 8.58. The van der Waals surface area contributed by atoms with Gasteiger partial charge in [-0.25, -0.2) is 0 Å². The van der Waals surface area contributed by atoms with Gasteiger partial charge in [-0.3, -0.25) is 0 Å². The van der Waals surface area contributed by atoms with Crippen molar-refractivity contribution in [3.8, 4) is 0 Å². The number of hydrogen-bond donors (Lipinski definition) is 1. The van der Waals surface area contributed by atoms with Crippen LogP contribution in [0.2, 0.25) is 0 Å². The van der Waals surface area contributed by atoms with Crippen LogP contribution in [-0.4, -0.2) is 38.0 Å². The van der Waals surface area contributed by atoms with Gasteiger partial charge in [0.25, 0.3) is 0 Å². The Labute approximate surface area is 104 Å². The van der Waals surface area contributed by atoms with Crippen LogP contribution in [0.1, 0.15) is 12.0 Å². The Morgan fingerprint density at radius 3 is 2.81 bits per heavy atom. The maximum Gasteiger partial charge on any atom is 0.0343 e. The largest absolute Gasteiger partial charge is 0.384 e. The van der Waals surface area contributed by atoms with E-state index in [4.69, 9.17) is 11.6 Å². The van der Waals surface area contributed by atoms with Crippen LogP contribution >= 0.6 is 11.6 Å². The third-order valence-electron chi connectivity index (χ3n) is 2.41. The van der Waals surface area contributed by atoms with Crippen molar-refractivity contribution in [1.29, 1.82) is 0 Å². The molecular weight excluding hydrogens is 220 g/mol. The number of likely N-dealkylation sites (N-methyl/N-ethyl adjacent to an activating group) is 1. The molecule has 0 saturated carbocycles. The quantitative estimate of drug-likeness (QED) is 0.738. The fraction of sp³-hybridized carbons (Fsp3) is 0.538. The smallest absolute Gasteiger partial charge is 0.0343 e.